The van der Waals surface area contributed by atoms with Crippen LogP contribution in [0.5, 0.6) is 0 Å². The van der Waals surface area contributed by atoms with Crippen LogP contribution in [-0.4, -0.2) is 35.4 Å². The molecule has 2 aromatic rings. The van der Waals surface area contributed by atoms with Gasteiger partial charge in [-0.25, -0.2) is 23.9 Å². The van der Waals surface area contributed by atoms with Crippen LogP contribution in [0.1, 0.15) is 60.6 Å². The standard InChI is InChI=1S/C27H33FIN3O4/c1-16-8-9-17(28)12-19(16)21-11-10-18-20(29)13-30-23(22(18)31-21)32(24(33)35-14-26(2,3)4)25(34)36-15-27(5,6)7/h9-13,16H,8,14-15H2,1-7H3. The molecule has 9 heteroatoms. The van der Waals surface area contributed by atoms with E-state index in [4.69, 9.17) is 14.5 Å². The number of fused-ring (bicyclic) bond motifs is 1. The number of amides is 2. The predicted octanol–water partition coefficient (Wildman–Crippen LogP) is 7.68. The van der Waals surface area contributed by atoms with Gasteiger partial charge in [-0.05, 0) is 75.6 Å². The maximum atomic E-state index is 14.1. The first-order valence-electron chi connectivity index (χ1n) is 11.8. The van der Waals surface area contributed by atoms with Crippen LogP contribution in [0.4, 0.5) is 19.8 Å². The van der Waals surface area contributed by atoms with Crippen molar-refractivity contribution in [3.63, 3.8) is 0 Å². The summed E-state index contributed by atoms with van der Waals surface area (Å²) in [7, 11) is 0. The summed E-state index contributed by atoms with van der Waals surface area (Å²) in [5, 5.41) is 0.696. The number of carbonyl (C=O) groups excluding carboxylic acids is 2. The Bertz CT molecular complexity index is 1200. The first-order chi connectivity index (χ1) is 16.7. The maximum absolute atomic E-state index is 14.1. The van der Waals surface area contributed by atoms with Gasteiger partial charge >= 0.3 is 12.2 Å². The van der Waals surface area contributed by atoms with Gasteiger partial charge in [0.1, 0.15) is 11.3 Å². The molecule has 36 heavy (non-hydrogen) atoms. The van der Waals surface area contributed by atoms with Crippen LogP contribution < -0.4 is 4.90 Å². The van der Waals surface area contributed by atoms with Gasteiger partial charge in [0.25, 0.3) is 0 Å². The van der Waals surface area contributed by atoms with Crippen LogP contribution in [0, 0.1) is 20.3 Å². The van der Waals surface area contributed by atoms with Crippen LogP contribution in [0.2, 0.25) is 0 Å². The van der Waals surface area contributed by atoms with Gasteiger partial charge in [-0.1, -0.05) is 48.5 Å². The number of allylic oxidation sites excluding steroid dienone is 4. The molecule has 3 rings (SSSR count). The molecular weight excluding hydrogens is 576 g/mol. The van der Waals surface area contributed by atoms with E-state index in [1.54, 1.807) is 12.3 Å². The smallest absolute Gasteiger partial charge is 0.425 e. The molecule has 194 valence electrons. The number of halogens is 2. The summed E-state index contributed by atoms with van der Waals surface area (Å²) in [6, 6.07) is 3.66. The van der Waals surface area contributed by atoms with Crippen molar-refractivity contribution in [3.8, 4) is 0 Å². The Morgan fingerprint density at radius 2 is 1.67 bits per heavy atom. The number of nitrogens with zero attached hydrogens (tertiary/aromatic N) is 3. The van der Waals surface area contributed by atoms with Gasteiger partial charge in [-0.15, -0.1) is 0 Å². The number of anilines is 1. The van der Waals surface area contributed by atoms with E-state index in [9.17, 15) is 14.0 Å². The molecule has 1 aliphatic rings. The Morgan fingerprint density at radius 3 is 2.22 bits per heavy atom. The molecule has 0 aliphatic heterocycles. The Balaban J connectivity index is 2.13. The average Bonchev–Trinajstić information content (AvgIpc) is 2.78. The second kappa shape index (κ2) is 10.8. The number of hydrogen-bond donors (Lipinski definition) is 0. The molecular formula is C27H33FIN3O4. The molecule has 0 radical (unpaired) electrons. The van der Waals surface area contributed by atoms with Crippen molar-refractivity contribution >= 4 is 57.1 Å². The fourth-order valence-electron chi connectivity index (χ4n) is 3.42. The van der Waals surface area contributed by atoms with Crippen molar-refractivity contribution < 1.29 is 23.5 Å². The number of pyridine rings is 2. The van der Waals surface area contributed by atoms with Crippen LogP contribution in [0.3, 0.4) is 0 Å². The highest BCUT2D eigenvalue weighted by molar-refractivity contribution is 14.1. The molecule has 0 N–H and O–H groups in total. The molecule has 2 heterocycles. The van der Waals surface area contributed by atoms with Gasteiger partial charge < -0.3 is 9.47 Å². The minimum Gasteiger partial charge on any atom is -0.448 e. The number of hydrogen-bond acceptors (Lipinski definition) is 6. The Hall–Kier alpha value is -2.56. The number of carbonyl (C=O) groups is 2. The SMILES string of the molecule is CC1CC=C(F)C=C1c1ccc2c(I)cnc(N(C(=O)OCC(C)(C)C)C(=O)OCC(C)(C)C)c2n1. The average molecular weight is 609 g/mol. The summed E-state index contributed by atoms with van der Waals surface area (Å²) < 4.78 is 25.8. The summed E-state index contributed by atoms with van der Waals surface area (Å²) in [5.41, 5.74) is 0.978. The predicted molar refractivity (Wildman–Crippen MR) is 147 cm³/mol. The summed E-state index contributed by atoms with van der Waals surface area (Å²) in [5.74, 6) is -0.257. The molecule has 1 unspecified atom stereocenters. The minimum absolute atomic E-state index is 0.00478. The van der Waals surface area contributed by atoms with Gasteiger partial charge in [0.05, 0.1) is 18.9 Å². The van der Waals surface area contributed by atoms with Gasteiger partial charge in [-0.2, -0.15) is 4.90 Å². The highest BCUT2D eigenvalue weighted by Gasteiger charge is 2.33. The molecule has 0 spiro atoms. The van der Waals surface area contributed by atoms with Crippen LogP contribution in [0.15, 0.2) is 36.3 Å². The first kappa shape index (κ1) is 28.0. The van der Waals surface area contributed by atoms with Crippen LogP contribution in [-0.2, 0) is 9.47 Å². The second-order valence-electron chi connectivity index (χ2n) is 11.4. The van der Waals surface area contributed by atoms with Gasteiger partial charge in [0.15, 0.2) is 5.82 Å². The van der Waals surface area contributed by atoms with Crippen molar-refractivity contribution in [3.05, 3.63) is 45.6 Å². The number of imide groups is 1. The molecule has 0 aromatic carbocycles. The third-order valence-corrected chi connectivity index (χ3v) is 6.14. The topological polar surface area (TPSA) is 81.6 Å². The monoisotopic (exact) mass is 609 g/mol. The number of ether oxygens (including phenoxy) is 2. The van der Waals surface area contributed by atoms with E-state index in [1.807, 2.05) is 60.6 Å². The maximum Gasteiger partial charge on any atom is 0.425 e. The lowest BCUT2D eigenvalue weighted by Gasteiger charge is -2.25. The number of rotatable bonds is 4. The lowest BCUT2D eigenvalue weighted by molar-refractivity contribution is 0.0954. The lowest BCUT2D eigenvalue weighted by Crippen LogP contribution is -2.41. The Labute approximate surface area is 225 Å². The molecule has 0 saturated heterocycles. The van der Waals surface area contributed by atoms with Crippen molar-refractivity contribution in [2.24, 2.45) is 16.7 Å². The van der Waals surface area contributed by atoms with Crippen molar-refractivity contribution in [1.29, 1.82) is 0 Å². The van der Waals surface area contributed by atoms with Gasteiger partial charge in [0, 0.05) is 15.2 Å². The molecule has 2 aromatic heterocycles. The largest absolute Gasteiger partial charge is 0.448 e. The molecule has 0 bridgehead atoms. The lowest BCUT2D eigenvalue weighted by atomic mass is 9.90. The third-order valence-electron chi connectivity index (χ3n) is 5.29. The highest BCUT2D eigenvalue weighted by Crippen LogP contribution is 2.35. The van der Waals surface area contributed by atoms with Gasteiger partial charge in [-0.3, -0.25) is 0 Å². The van der Waals surface area contributed by atoms with Crippen LogP contribution >= 0.6 is 22.6 Å². The third kappa shape index (κ3) is 7.02. The Morgan fingerprint density at radius 1 is 1.08 bits per heavy atom. The molecule has 1 aliphatic carbocycles. The summed E-state index contributed by atoms with van der Waals surface area (Å²) in [4.78, 5) is 36.4. The molecule has 0 fully saturated rings. The molecule has 2 amide bonds. The van der Waals surface area contributed by atoms with Crippen molar-refractivity contribution in [2.45, 2.75) is 54.9 Å². The van der Waals surface area contributed by atoms with Crippen LogP contribution in [0.25, 0.3) is 16.5 Å². The zero-order valence-electron chi connectivity index (χ0n) is 21.8. The molecule has 1 atom stereocenters. The summed E-state index contributed by atoms with van der Waals surface area (Å²) in [6.07, 6.45) is 3.33. The summed E-state index contributed by atoms with van der Waals surface area (Å²) in [6.45, 7) is 13.7. The van der Waals surface area contributed by atoms with E-state index in [-0.39, 0.29) is 41.6 Å². The normalized spacial score (nSPS) is 16.3. The van der Waals surface area contributed by atoms with Crippen molar-refractivity contribution in [2.75, 3.05) is 18.1 Å². The van der Waals surface area contributed by atoms with Crippen molar-refractivity contribution in [1.82, 2.24) is 9.97 Å². The Kier molecular flexibility index (Phi) is 8.42. The van der Waals surface area contributed by atoms with E-state index in [0.717, 1.165) is 14.0 Å². The zero-order chi connectivity index (χ0) is 26.8. The number of aromatic nitrogens is 2. The molecule has 0 saturated carbocycles. The quantitative estimate of drug-likeness (QED) is 0.331. The molecule has 7 nitrogen and oxygen atoms in total. The van der Waals surface area contributed by atoms with E-state index in [2.05, 4.69) is 27.6 Å². The van der Waals surface area contributed by atoms with E-state index in [1.165, 1.54) is 6.08 Å². The second-order valence-corrected chi connectivity index (χ2v) is 12.6. The van der Waals surface area contributed by atoms with E-state index < -0.39 is 12.2 Å². The highest BCUT2D eigenvalue weighted by atomic mass is 127. The zero-order valence-corrected chi connectivity index (χ0v) is 24.0. The summed E-state index contributed by atoms with van der Waals surface area (Å²) >= 11 is 2.12. The first-order valence-corrected chi connectivity index (χ1v) is 12.9. The minimum atomic E-state index is -0.898. The van der Waals surface area contributed by atoms with Gasteiger partial charge in [0.2, 0.25) is 0 Å². The fourth-order valence-corrected chi connectivity index (χ4v) is 4.00. The van der Waals surface area contributed by atoms with E-state index >= 15 is 0 Å². The fraction of sp³-hybridized carbons (Fsp3) is 0.481. The van der Waals surface area contributed by atoms with E-state index in [0.29, 0.717) is 23.0 Å².